The first kappa shape index (κ1) is 19.2. The van der Waals surface area contributed by atoms with E-state index >= 15 is 0 Å². The van der Waals surface area contributed by atoms with E-state index in [1.54, 1.807) is 19.1 Å². The Labute approximate surface area is 153 Å². The second kappa shape index (κ2) is 9.36. The Kier molecular flexibility index (Phi) is 6.91. The first-order valence-corrected chi connectivity index (χ1v) is 8.41. The van der Waals surface area contributed by atoms with Crippen LogP contribution in [0.25, 0.3) is 0 Å². The quantitative estimate of drug-likeness (QED) is 0.593. The highest BCUT2D eigenvalue weighted by Crippen LogP contribution is 2.13. The van der Waals surface area contributed by atoms with Gasteiger partial charge in [0.1, 0.15) is 5.75 Å². The largest absolute Gasteiger partial charge is 0.484 e. The second-order valence-corrected chi connectivity index (χ2v) is 5.78. The summed E-state index contributed by atoms with van der Waals surface area (Å²) in [6.07, 6.45) is 0.956. The molecule has 0 radical (unpaired) electrons. The Morgan fingerprint density at radius 1 is 1.08 bits per heavy atom. The molecule has 0 saturated carbocycles. The van der Waals surface area contributed by atoms with E-state index in [0.29, 0.717) is 17.1 Å². The van der Waals surface area contributed by atoms with E-state index in [1.165, 1.54) is 12.5 Å². The number of ether oxygens (including phenoxy) is 1. The molecule has 0 aliphatic heterocycles. The van der Waals surface area contributed by atoms with Crippen LogP contribution in [-0.2, 0) is 16.0 Å². The van der Waals surface area contributed by atoms with E-state index in [2.05, 4.69) is 22.8 Å². The third kappa shape index (κ3) is 6.05. The van der Waals surface area contributed by atoms with Gasteiger partial charge in [-0.2, -0.15) is 5.10 Å². The summed E-state index contributed by atoms with van der Waals surface area (Å²) in [5.74, 6) is 0.150. The number of hydrogen-bond donors (Lipinski definition) is 2. The molecule has 0 fully saturated rings. The lowest BCUT2D eigenvalue weighted by molar-refractivity contribution is -0.123. The second-order valence-electron chi connectivity index (χ2n) is 5.78. The van der Waals surface area contributed by atoms with E-state index < -0.39 is 0 Å². The number of nitrogens with one attached hydrogen (secondary N) is 2. The number of nitrogens with zero attached hydrogens (tertiary/aromatic N) is 1. The topological polar surface area (TPSA) is 79.8 Å². The third-order valence-corrected chi connectivity index (χ3v) is 3.65. The van der Waals surface area contributed by atoms with Gasteiger partial charge in [0, 0.05) is 12.6 Å². The molecule has 0 atom stereocenters. The van der Waals surface area contributed by atoms with Gasteiger partial charge in [-0.05, 0) is 48.7 Å². The van der Waals surface area contributed by atoms with Crippen molar-refractivity contribution in [3.8, 4) is 5.75 Å². The van der Waals surface area contributed by atoms with Crippen LogP contribution in [-0.4, -0.2) is 24.1 Å². The van der Waals surface area contributed by atoms with Gasteiger partial charge in [0.15, 0.2) is 6.61 Å². The van der Waals surface area contributed by atoms with Crippen molar-refractivity contribution in [2.24, 2.45) is 5.10 Å². The van der Waals surface area contributed by atoms with Crippen molar-refractivity contribution in [1.82, 2.24) is 5.43 Å². The molecule has 6 heteroatoms. The molecule has 0 saturated heterocycles. The molecule has 0 aromatic heterocycles. The first-order valence-electron chi connectivity index (χ1n) is 8.41. The van der Waals surface area contributed by atoms with Gasteiger partial charge in [-0.1, -0.05) is 31.2 Å². The van der Waals surface area contributed by atoms with Crippen molar-refractivity contribution in [2.45, 2.75) is 27.2 Å². The SMILES string of the molecule is CCc1ccc(OCC(=O)N/N=C(\C)c2cccc(NC(C)=O)c2)cc1. The predicted octanol–water partition coefficient (Wildman–Crippen LogP) is 3.13. The molecule has 26 heavy (non-hydrogen) atoms. The zero-order chi connectivity index (χ0) is 18.9. The average Bonchev–Trinajstić information content (AvgIpc) is 2.64. The van der Waals surface area contributed by atoms with Gasteiger partial charge in [-0.3, -0.25) is 9.59 Å². The summed E-state index contributed by atoms with van der Waals surface area (Å²) in [6, 6.07) is 14.9. The van der Waals surface area contributed by atoms with Gasteiger partial charge < -0.3 is 10.1 Å². The zero-order valence-electron chi connectivity index (χ0n) is 15.2. The lowest BCUT2D eigenvalue weighted by Gasteiger charge is -2.07. The highest BCUT2D eigenvalue weighted by Gasteiger charge is 2.04. The zero-order valence-corrected chi connectivity index (χ0v) is 15.2. The number of anilines is 1. The Morgan fingerprint density at radius 2 is 1.81 bits per heavy atom. The molecule has 0 spiro atoms. The monoisotopic (exact) mass is 353 g/mol. The highest BCUT2D eigenvalue weighted by molar-refractivity contribution is 6.00. The predicted molar refractivity (Wildman–Crippen MR) is 102 cm³/mol. The van der Waals surface area contributed by atoms with Gasteiger partial charge in [0.25, 0.3) is 5.91 Å². The van der Waals surface area contributed by atoms with Crippen LogP contribution < -0.4 is 15.5 Å². The van der Waals surface area contributed by atoms with E-state index in [-0.39, 0.29) is 18.4 Å². The number of carbonyl (C=O) groups excluding carboxylic acids is 2. The van der Waals surface area contributed by atoms with Crippen LogP contribution in [0, 0.1) is 0 Å². The molecule has 136 valence electrons. The standard InChI is InChI=1S/C20H23N3O3/c1-4-16-8-10-19(11-9-16)26-13-20(25)23-22-14(2)17-6-5-7-18(12-17)21-15(3)24/h5-12H,4,13H2,1-3H3,(H,21,24)(H,23,25)/b22-14+. The molecule has 2 amide bonds. The molecule has 0 aliphatic carbocycles. The maximum Gasteiger partial charge on any atom is 0.277 e. The number of benzene rings is 2. The Balaban J connectivity index is 1.89. The maximum atomic E-state index is 11.9. The van der Waals surface area contributed by atoms with Crippen molar-refractivity contribution in [1.29, 1.82) is 0 Å². The summed E-state index contributed by atoms with van der Waals surface area (Å²) in [6.45, 7) is 5.19. The van der Waals surface area contributed by atoms with Crippen molar-refractivity contribution >= 4 is 23.2 Å². The number of amides is 2. The summed E-state index contributed by atoms with van der Waals surface area (Å²) in [5.41, 5.74) is 5.78. The summed E-state index contributed by atoms with van der Waals surface area (Å²) in [5, 5.41) is 6.79. The summed E-state index contributed by atoms with van der Waals surface area (Å²) in [4.78, 5) is 23.0. The first-order chi connectivity index (χ1) is 12.5. The number of carbonyl (C=O) groups is 2. The Bertz CT molecular complexity index is 798. The minimum Gasteiger partial charge on any atom is -0.484 e. The fourth-order valence-corrected chi connectivity index (χ4v) is 2.24. The average molecular weight is 353 g/mol. The molecule has 2 aromatic carbocycles. The molecule has 2 aromatic rings. The fraction of sp³-hybridized carbons (Fsp3) is 0.250. The Morgan fingerprint density at radius 3 is 2.46 bits per heavy atom. The van der Waals surface area contributed by atoms with E-state index in [9.17, 15) is 9.59 Å². The molecular weight excluding hydrogens is 330 g/mol. The molecule has 0 aliphatic rings. The maximum absolute atomic E-state index is 11.9. The van der Waals surface area contributed by atoms with Crippen molar-refractivity contribution < 1.29 is 14.3 Å². The highest BCUT2D eigenvalue weighted by atomic mass is 16.5. The Hall–Kier alpha value is -3.15. The van der Waals surface area contributed by atoms with E-state index in [4.69, 9.17) is 4.74 Å². The van der Waals surface area contributed by atoms with Crippen LogP contribution in [0.5, 0.6) is 5.75 Å². The molecule has 2 N–H and O–H groups in total. The van der Waals surface area contributed by atoms with Gasteiger partial charge in [0.05, 0.1) is 5.71 Å². The smallest absolute Gasteiger partial charge is 0.277 e. The van der Waals surface area contributed by atoms with Crippen LogP contribution in [0.1, 0.15) is 31.9 Å². The molecule has 0 heterocycles. The fourth-order valence-electron chi connectivity index (χ4n) is 2.24. The van der Waals surface area contributed by atoms with Crippen molar-refractivity contribution in [3.05, 3.63) is 59.7 Å². The van der Waals surface area contributed by atoms with Crippen LogP contribution in [0.15, 0.2) is 53.6 Å². The number of rotatable bonds is 7. The summed E-state index contributed by atoms with van der Waals surface area (Å²) in [7, 11) is 0. The minimum atomic E-state index is -0.345. The van der Waals surface area contributed by atoms with Crippen LogP contribution >= 0.6 is 0 Å². The van der Waals surface area contributed by atoms with Gasteiger partial charge in [-0.15, -0.1) is 0 Å². The number of hydrogen-bond acceptors (Lipinski definition) is 4. The normalized spacial score (nSPS) is 11.0. The lowest BCUT2D eigenvalue weighted by atomic mass is 10.1. The summed E-state index contributed by atoms with van der Waals surface area (Å²) >= 11 is 0. The van der Waals surface area contributed by atoms with Crippen molar-refractivity contribution in [2.75, 3.05) is 11.9 Å². The van der Waals surface area contributed by atoms with Crippen LogP contribution in [0.2, 0.25) is 0 Å². The molecule has 0 unspecified atom stereocenters. The summed E-state index contributed by atoms with van der Waals surface area (Å²) < 4.78 is 5.44. The molecule has 6 nitrogen and oxygen atoms in total. The van der Waals surface area contributed by atoms with E-state index in [1.807, 2.05) is 36.4 Å². The molecule has 2 rings (SSSR count). The lowest BCUT2D eigenvalue weighted by Crippen LogP contribution is -2.25. The van der Waals surface area contributed by atoms with Crippen LogP contribution in [0.3, 0.4) is 0 Å². The van der Waals surface area contributed by atoms with Gasteiger partial charge in [-0.25, -0.2) is 5.43 Å². The van der Waals surface area contributed by atoms with E-state index in [0.717, 1.165) is 12.0 Å². The van der Waals surface area contributed by atoms with Gasteiger partial charge in [0.2, 0.25) is 5.91 Å². The third-order valence-electron chi connectivity index (χ3n) is 3.65. The van der Waals surface area contributed by atoms with Gasteiger partial charge >= 0.3 is 0 Å². The van der Waals surface area contributed by atoms with Crippen molar-refractivity contribution in [3.63, 3.8) is 0 Å². The minimum absolute atomic E-state index is 0.117. The molecule has 0 bridgehead atoms. The number of aryl methyl sites for hydroxylation is 1. The van der Waals surface area contributed by atoms with Crippen LogP contribution in [0.4, 0.5) is 5.69 Å². The molecular formula is C20H23N3O3. The number of hydrazone groups is 1.